The lowest BCUT2D eigenvalue weighted by Gasteiger charge is -2.26. The Morgan fingerprint density at radius 2 is 1.63 bits per heavy atom. The Hall–Kier alpha value is -4.80. The van der Waals surface area contributed by atoms with Crippen molar-refractivity contribution in [1.82, 2.24) is 25.3 Å². The summed E-state index contributed by atoms with van der Waals surface area (Å²) in [7, 11) is 0. The number of morpholine rings is 1. The number of carbonyl (C=O) groups excluding carboxylic acids is 3. The smallest absolute Gasteiger partial charge is 0.447 e. The summed E-state index contributed by atoms with van der Waals surface area (Å²) in [5.41, 5.74) is 2.17. The van der Waals surface area contributed by atoms with Crippen LogP contribution in [0.5, 0.6) is 5.75 Å². The summed E-state index contributed by atoms with van der Waals surface area (Å²) in [5, 5.41) is 20.4. The summed E-state index contributed by atoms with van der Waals surface area (Å²) in [5.74, 6) is -1.58. The van der Waals surface area contributed by atoms with E-state index in [1.807, 2.05) is 6.07 Å². The van der Waals surface area contributed by atoms with E-state index in [1.54, 1.807) is 42.5 Å². The number of hydrogen-bond acceptors (Lipinski definition) is 12. The molecule has 5 rings (SSSR count). The zero-order chi connectivity index (χ0) is 36.1. The number of alkyl halides is 3. The number of ether oxygens (including phenoxy) is 3. The van der Waals surface area contributed by atoms with Gasteiger partial charge in [0.2, 0.25) is 11.2 Å². The first kappa shape index (κ1) is 37.5. The lowest BCUT2D eigenvalue weighted by atomic mass is 10.1. The molecule has 2 aromatic carbocycles. The molecule has 1 aliphatic rings. The monoisotopic (exact) mass is 726 g/mol. The first-order chi connectivity index (χ1) is 24.6. The molecular formula is C35H37F3N6O6S. The molecule has 1 amide bonds. The number of hydrogen-bond donors (Lipinski definition) is 1. The Balaban J connectivity index is 1.04. The van der Waals surface area contributed by atoms with Crippen molar-refractivity contribution in [2.45, 2.75) is 57.4 Å². The standard InChI is InChI=1S/C35H37F3N6O6S/c36-35(37,38)50-29-11-6-7-24(22-29)21-28(45)23-27-14-13-26(40-41-27)10-4-5-12-30-42-43-34(51-30)39-33(47)32(25-8-2-1-3-9-25)49-31(46)15-16-44-17-19-48-20-18-44/h1-3,6-9,11,13-14,22,32H,4-5,10,12,15-21,23H2,(H,39,43,47). The van der Waals surface area contributed by atoms with E-state index >= 15 is 0 Å². The van der Waals surface area contributed by atoms with Gasteiger partial charge in [-0.1, -0.05) is 53.8 Å². The number of esters is 1. The highest BCUT2D eigenvalue weighted by atomic mass is 32.1. The van der Waals surface area contributed by atoms with Crippen molar-refractivity contribution < 1.29 is 41.8 Å². The van der Waals surface area contributed by atoms with Gasteiger partial charge in [0.1, 0.15) is 16.5 Å². The molecule has 0 radical (unpaired) electrons. The van der Waals surface area contributed by atoms with Gasteiger partial charge in [-0.05, 0) is 49.1 Å². The SMILES string of the molecule is O=C(Cc1cccc(OC(F)(F)F)c1)Cc1ccc(CCCCc2nnc(NC(=O)C(OC(=O)CCN3CCOCC3)c3ccccc3)s2)nn1. The molecule has 1 aliphatic heterocycles. The van der Waals surface area contributed by atoms with E-state index in [0.717, 1.165) is 36.6 Å². The fourth-order valence-corrected chi connectivity index (χ4v) is 6.07. The molecule has 0 spiro atoms. The molecule has 1 saturated heterocycles. The second kappa shape index (κ2) is 18.4. The molecule has 0 bridgehead atoms. The Morgan fingerprint density at radius 1 is 0.882 bits per heavy atom. The van der Waals surface area contributed by atoms with Gasteiger partial charge in [0, 0.05) is 38.0 Å². The molecule has 0 saturated carbocycles. The number of benzene rings is 2. The summed E-state index contributed by atoms with van der Waals surface area (Å²) in [6, 6.07) is 17.7. The fraction of sp³-hybridized carbons (Fsp3) is 0.400. The number of Topliss-reactive ketones (excluding diaryl/α,β-unsaturated/α-hetero) is 1. The predicted octanol–water partition coefficient (Wildman–Crippen LogP) is 5.09. The largest absolute Gasteiger partial charge is 0.573 e. The highest BCUT2D eigenvalue weighted by molar-refractivity contribution is 7.15. The molecule has 1 fully saturated rings. The highest BCUT2D eigenvalue weighted by Gasteiger charge is 2.31. The Morgan fingerprint density at radius 3 is 2.37 bits per heavy atom. The zero-order valence-electron chi connectivity index (χ0n) is 27.6. The highest BCUT2D eigenvalue weighted by Crippen LogP contribution is 2.25. The van der Waals surface area contributed by atoms with Crippen LogP contribution in [0.25, 0.3) is 0 Å². The van der Waals surface area contributed by atoms with Crippen LogP contribution < -0.4 is 10.1 Å². The van der Waals surface area contributed by atoms with Crippen LogP contribution in [0.4, 0.5) is 18.3 Å². The molecule has 1 unspecified atom stereocenters. The van der Waals surface area contributed by atoms with Crippen LogP contribution >= 0.6 is 11.3 Å². The second-order valence-electron chi connectivity index (χ2n) is 11.8. The molecule has 3 heterocycles. The van der Waals surface area contributed by atoms with Crippen molar-refractivity contribution in [2.75, 3.05) is 38.2 Å². The van der Waals surface area contributed by atoms with Crippen molar-refractivity contribution >= 4 is 34.1 Å². The molecule has 270 valence electrons. The molecule has 4 aromatic rings. The normalized spacial score (nSPS) is 14.1. The number of aryl methyl sites for hydroxylation is 2. The predicted molar refractivity (Wildman–Crippen MR) is 180 cm³/mol. The van der Waals surface area contributed by atoms with Crippen molar-refractivity contribution in [3.63, 3.8) is 0 Å². The van der Waals surface area contributed by atoms with Gasteiger partial charge in [-0.2, -0.15) is 10.2 Å². The molecule has 1 N–H and O–H groups in total. The van der Waals surface area contributed by atoms with Gasteiger partial charge in [0.25, 0.3) is 5.91 Å². The Kier molecular flexibility index (Phi) is 13.5. The number of amides is 1. The van der Waals surface area contributed by atoms with Crippen molar-refractivity contribution in [2.24, 2.45) is 0 Å². The van der Waals surface area contributed by atoms with Crippen molar-refractivity contribution in [3.8, 4) is 5.75 Å². The van der Waals surface area contributed by atoms with Crippen molar-refractivity contribution in [3.05, 3.63) is 94.3 Å². The minimum atomic E-state index is -4.81. The van der Waals surface area contributed by atoms with E-state index in [2.05, 4.69) is 35.3 Å². The average Bonchev–Trinajstić information content (AvgIpc) is 3.56. The zero-order valence-corrected chi connectivity index (χ0v) is 28.5. The number of rotatable bonds is 17. The van der Waals surface area contributed by atoms with Crippen LogP contribution in [0, 0.1) is 0 Å². The molecule has 2 aromatic heterocycles. The van der Waals surface area contributed by atoms with Crippen LogP contribution in [-0.2, 0) is 49.5 Å². The maximum Gasteiger partial charge on any atom is 0.573 e. The molecule has 12 nitrogen and oxygen atoms in total. The van der Waals surface area contributed by atoms with Crippen LogP contribution in [0.1, 0.15) is 52.9 Å². The molecular weight excluding hydrogens is 689 g/mol. The quantitative estimate of drug-likeness (QED) is 0.115. The number of nitrogens with zero attached hydrogens (tertiary/aromatic N) is 5. The number of halogens is 3. The average molecular weight is 727 g/mol. The second-order valence-corrected chi connectivity index (χ2v) is 12.8. The topological polar surface area (TPSA) is 146 Å². The van der Waals surface area contributed by atoms with Gasteiger partial charge < -0.3 is 14.2 Å². The van der Waals surface area contributed by atoms with E-state index in [0.29, 0.717) is 54.6 Å². The van der Waals surface area contributed by atoms with E-state index in [-0.39, 0.29) is 30.8 Å². The summed E-state index contributed by atoms with van der Waals surface area (Å²) in [6.07, 6.45) is -3.04. The first-order valence-corrected chi connectivity index (χ1v) is 17.3. The number of carbonyl (C=O) groups is 3. The fourth-order valence-electron chi connectivity index (χ4n) is 5.28. The van der Waals surface area contributed by atoms with Crippen LogP contribution in [0.3, 0.4) is 0 Å². The third-order valence-corrected chi connectivity index (χ3v) is 8.68. The molecule has 16 heteroatoms. The van der Waals surface area contributed by atoms with E-state index < -0.39 is 24.3 Å². The number of unbranched alkanes of at least 4 members (excludes halogenated alkanes) is 1. The maximum absolute atomic E-state index is 13.3. The third kappa shape index (κ3) is 12.8. The summed E-state index contributed by atoms with van der Waals surface area (Å²) in [4.78, 5) is 40.6. The molecule has 0 aliphatic carbocycles. The summed E-state index contributed by atoms with van der Waals surface area (Å²) < 4.78 is 52.4. The lowest BCUT2D eigenvalue weighted by molar-refractivity contribution is -0.274. The van der Waals surface area contributed by atoms with Crippen molar-refractivity contribution in [1.29, 1.82) is 0 Å². The Labute approximate surface area is 296 Å². The van der Waals surface area contributed by atoms with Gasteiger partial charge in [0.05, 0.1) is 37.4 Å². The third-order valence-electron chi connectivity index (χ3n) is 7.78. The Bertz CT molecular complexity index is 1740. The van der Waals surface area contributed by atoms with Gasteiger partial charge >= 0.3 is 12.3 Å². The summed E-state index contributed by atoms with van der Waals surface area (Å²) in [6.45, 7) is 3.27. The molecule has 51 heavy (non-hydrogen) atoms. The first-order valence-electron chi connectivity index (χ1n) is 16.5. The van der Waals surface area contributed by atoms with E-state index in [9.17, 15) is 27.6 Å². The minimum absolute atomic E-state index is 0.00296. The lowest BCUT2D eigenvalue weighted by Crippen LogP contribution is -2.38. The van der Waals surface area contributed by atoms with E-state index in [4.69, 9.17) is 9.47 Å². The number of ketones is 1. The van der Waals surface area contributed by atoms with Crippen LogP contribution in [0.2, 0.25) is 0 Å². The van der Waals surface area contributed by atoms with Gasteiger partial charge in [-0.3, -0.25) is 24.6 Å². The van der Waals surface area contributed by atoms with Gasteiger partial charge in [-0.25, -0.2) is 0 Å². The number of aromatic nitrogens is 4. The minimum Gasteiger partial charge on any atom is -0.447 e. The van der Waals surface area contributed by atoms with Crippen LogP contribution in [-0.4, -0.2) is 82.2 Å². The van der Waals surface area contributed by atoms with E-state index in [1.165, 1.54) is 29.5 Å². The summed E-state index contributed by atoms with van der Waals surface area (Å²) >= 11 is 1.25. The molecule has 1 atom stereocenters. The van der Waals surface area contributed by atoms with Crippen LogP contribution in [0.15, 0.2) is 66.7 Å². The van der Waals surface area contributed by atoms with Gasteiger partial charge in [0.15, 0.2) is 0 Å². The maximum atomic E-state index is 13.3. The number of nitrogens with one attached hydrogen (secondary N) is 1. The number of anilines is 1. The van der Waals surface area contributed by atoms with Gasteiger partial charge in [-0.15, -0.1) is 23.4 Å².